The molecule has 9 nitrogen and oxygen atoms in total. The van der Waals surface area contributed by atoms with Crippen molar-refractivity contribution in [3.05, 3.63) is 64.8 Å². The van der Waals surface area contributed by atoms with Crippen LogP contribution in [0.2, 0.25) is 0 Å². The van der Waals surface area contributed by atoms with Crippen LogP contribution in [0, 0.1) is 23.2 Å². The zero-order chi connectivity index (χ0) is 35.7. The van der Waals surface area contributed by atoms with Crippen molar-refractivity contribution >= 4 is 23.4 Å². The number of carbonyl (C=O) groups is 3. The van der Waals surface area contributed by atoms with Crippen LogP contribution in [0.15, 0.2) is 53.6 Å². The van der Waals surface area contributed by atoms with Crippen molar-refractivity contribution < 1.29 is 29.7 Å². The Morgan fingerprint density at radius 1 is 1.14 bits per heavy atom. The second-order valence-corrected chi connectivity index (χ2v) is 16.1. The van der Waals surface area contributed by atoms with E-state index in [1.807, 2.05) is 13.8 Å². The predicted octanol–water partition coefficient (Wildman–Crippen LogP) is 5.73. The van der Waals surface area contributed by atoms with Gasteiger partial charge in [-0.05, 0) is 112 Å². The molecule has 5 aliphatic rings. The number of hydrogen-bond acceptors (Lipinski definition) is 7. The third kappa shape index (κ3) is 8.21. The first-order chi connectivity index (χ1) is 23.1. The van der Waals surface area contributed by atoms with Gasteiger partial charge >= 0.3 is 0 Å². The smallest absolute Gasteiger partial charge is 0.255 e. The number of anilines is 1. The molecular formula is C40H57N3O6. The van der Waals surface area contributed by atoms with Gasteiger partial charge in [-0.1, -0.05) is 57.1 Å². The fourth-order valence-electron chi connectivity index (χ4n) is 9.35. The molecule has 1 saturated heterocycles. The highest BCUT2D eigenvalue weighted by atomic mass is 16.3. The van der Waals surface area contributed by atoms with Crippen molar-refractivity contribution in [2.45, 2.75) is 135 Å². The minimum absolute atomic E-state index is 0.197. The molecule has 0 bridgehead atoms. The van der Waals surface area contributed by atoms with Crippen LogP contribution in [-0.2, 0) is 16.1 Å². The van der Waals surface area contributed by atoms with E-state index in [1.54, 1.807) is 23.8 Å². The number of aliphatic hydroxyl groups is 3. The molecule has 4 fully saturated rings. The van der Waals surface area contributed by atoms with Crippen molar-refractivity contribution in [2.75, 3.05) is 5.73 Å². The molecule has 2 heterocycles. The normalized spacial score (nSPS) is 32.5. The van der Waals surface area contributed by atoms with Gasteiger partial charge in [-0.25, -0.2) is 0 Å². The van der Waals surface area contributed by atoms with Crippen LogP contribution in [0.4, 0.5) is 5.69 Å². The van der Waals surface area contributed by atoms with E-state index in [9.17, 15) is 29.7 Å². The number of nitrogen functional groups attached to an aromatic ring is 1. The van der Waals surface area contributed by atoms with Gasteiger partial charge in [0.1, 0.15) is 6.04 Å². The second-order valence-electron chi connectivity index (χ2n) is 16.1. The summed E-state index contributed by atoms with van der Waals surface area (Å²) in [5.41, 5.74) is 10.9. The third-order valence-electron chi connectivity index (χ3n) is 12.1. The maximum atomic E-state index is 12.3. The minimum Gasteiger partial charge on any atom is -0.398 e. The Kier molecular flexibility index (Phi) is 11.3. The minimum atomic E-state index is -0.615. The van der Waals surface area contributed by atoms with Crippen LogP contribution in [0.25, 0.3) is 0 Å². The summed E-state index contributed by atoms with van der Waals surface area (Å²) < 4.78 is 0. The maximum absolute atomic E-state index is 12.3. The van der Waals surface area contributed by atoms with Crippen molar-refractivity contribution in [3.63, 3.8) is 0 Å². The molecule has 3 aliphatic carbocycles. The highest BCUT2D eigenvalue weighted by Gasteiger charge is 2.50. The summed E-state index contributed by atoms with van der Waals surface area (Å²) >= 11 is 0. The van der Waals surface area contributed by atoms with Crippen molar-refractivity contribution in [2.24, 2.45) is 23.2 Å². The number of nitrogens with zero attached hydrogens (tertiary/aromatic N) is 1. The van der Waals surface area contributed by atoms with Crippen molar-refractivity contribution in [1.29, 1.82) is 0 Å². The lowest BCUT2D eigenvalue weighted by Gasteiger charge is -2.44. The summed E-state index contributed by atoms with van der Waals surface area (Å²) in [6.45, 7) is 13.2. The first-order valence-electron chi connectivity index (χ1n) is 18.3. The second kappa shape index (κ2) is 14.9. The molecular weight excluding hydrogens is 618 g/mol. The molecule has 268 valence electrons. The number of carbonyl (C=O) groups excluding carboxylic acids is 3. The zero-order valence-corrected chi connectivity index (χ0v) is 29.8. The fraction of sp³-hybridized carbons (Fsp3) is 0.625. The van der Waals surface area contributed by atoms with Gasteiger partial charge in [0.25, 0.3) is 5.91 Å². The van der Waals surface area contributed by atoms with Crippen LogP contribution >= 0.6 is 0 Å². The zero-order valence-electron chi connectivity index (χ0n) is 29.8. The van der Waals surface area contributed by atoms with Crippen LogP contribution < -0.4 is 11.1 Å². The largest absolute Gasteiger partial charge is 0.398 e. The number of allylic oxidation sites excluding steroid dienone is 3. The highest BCUT2D eigenvalue weighted by molar-refractivity contribution is 6.06. The number of rotatable bonds is 7. The van der Waals surface area contributed by atoms with E-state index in [0.29, 0.717) is 54.3 Å². The quantitative estimate of drug-likeness (QED) is 0.183. The standard InChI is InChI=1S/C27H44O3.C13H13N3O3/c1-18(8-6-14-26(3,4)30)23-12-13-24-20(9-7-15-27(23,24)5)10-11-21-16-22(28)17-25(29)19(21)2;14-9-3-1-2-7-8(9)6-16(13(7)19)10-4-5-11(17)15-12(10)18/h10-11,18,22-25,28-30H,2,6-9,12-17H2,1,3-5H3;1-3,10H,4-6,14H2,(H,15,17,18)/b20-10+,21-11-;/t18-,22-,23-,24+,25+,27-;/m1./s1. The van der Waals surface area contributed by atoms with Crippen molar-refractivity contribution in [1.82, 2.24) is 10.2 Å². The number of amides is 3. The molecule has 6 rings (SSSR count). The first kappa shape index (κ1) is 37.0. The molecule has 1 aromatic carbocycles. The lowest BCUT2D eigenvalue weighted by Crippen LogP contribution is -2.52. The number of aliphatic hydroxyl groups excluding tert-OH is 2. The summed E-state index contributed by atoms with van der Waals surface area (Å²) in [5, 5.41) is 32.5. The molecule has 0 aromatic heterocycles. The van der Waals surface area contributed by atoms with Crippen LogP contribution in [0.5, 0.6) is 0 Å². The van der Waals surface area contributed by atoms with Crippen LogP contribution in [0.3, 0.4) is 0 Å². The van der Waals surface area contributed by atoms with Gasteiger partial charge in [0.05, 0.1) is 17.8 Å². The molecule has 9 heteroatoms. The molecule has 3 amide bonds. The number of nitrogens with two attached hydrogens (primary N) is 1. The molecule has 0 spiro atoms. The van der Waals surface area contributed by atoms with E-state index in [1.165, 1.54) is 43.4 Å². The topological polar surface area (TPSA) is 153 Å². The Bertz CT molecular complexity index is 1510. The fourth-order valence-corrected chi connectivity index (χ4v) is 9.35. The predicted molar refractivity (Wildman–Crippen MR) is 191 cm³/mol. The molecule has 49 heavy (non-hydrogen) atoms. The number of piperidine rings is 1. The van der Waals surface area contributed by atoms with Gasteiger partial charge in [0.15, 0.2) is 0 Å². The van der Waals surface area contributed by atoms with Gasteiger partial charge < -0.3 is 26.0 Å². The monoisotopic (exact) mass is 675 g/mol. The number of fused-ring (bicyclic) bond motifs is 2. The molecule has 1 unspecified atom stereocenters. The molecule has 7 atom stereocenters. The van der Waals surface area contributed by atoms with E-state index in [2.05, 4.69) is 37.9 Å². The van der Waals surface area contributed by atoms with E-state index in [-0.39, 0.29) is 18.2 Å². The third-order valence-corrected chi connectivity index (χ3v) is 12.1. The lowest BCUT2D eigenvalue weighted by atomic mass is 9.60. The first-order valence-corrected chi connectivity index (χ1v) is 18.3. The Labute approximate surface area is 291 Å². The highest BCUT2D eigenvalue weighted by Crippen LogP contribution is 2.60. The van der Waals surface area contributed by atoms with Crippen LogP contribution in [0.1, 0.15) is 121 Å². The van der Waals surface area contributed by atoms with E-state index in [4.69, 9.17) is 5.73 Å². The molecule has 2 aliphatic heterocycles. The number of benzene rings is 1. The van der Waals surface area contributed by atoms with Gasteiger partial charge in [-0.2, -0.15) is 0 Å². The Hall–Kier alpha value is -3.27. The van der Waals surface area contributed by atoms with Crippen molar-refractivity contribution in [3.8, 4) is 0 Å². The van der Waals surface area contributed by atoms with Gasteiger partial charge in [0, 0.05) is 36.2 Å². The lowest BCUT2D eigenvalue weighted by molar-refractivity contribution is -0.136. The Morgan fingerprint density at radius 2 is 1.90 bits per heavy atom. The van der Waals surface area contributed by atoms with Crippen LogP contribution in [-0.4, -0.2) is 61.8 Å². The Morgan fingerprint density at radius 3 is 2.59 bits per heavy atom. The maximum Gasteiger partial charge on any atom is 0.255 e. The van der Waals surface area contributed by atoms with E-state index < -0.39 is 29.8 Å². The summed E-state index contributed by atoms with van der Waals surface area (Å²) in [6.07, 6.45) is 14.5. The molecule has 1 aromatic rings. The summed E-state index contributed by atoms with van der Waals surface area (Å²) in [7, 11) is 0. The molecule has 0 radical (unpaired) electrons. The molecule has 3 saturated carbocycles. The number of imide groups is 1. The summed E-state index contributed by atoms with van der Waals surface area (Å²) in [6, 6.07) is 4.58. The number of hydrogen-bond donors (Lipinski definition) is 5. The summed E-state index contributed by atoms with van der Waals surface area (Å²) in [5.74, 6) is 1.21. The number of nitrogens with one attached hydrogen (secondary N) is 1. The van der Waals surface area contributed by atoms with E-state index in [0.717, 1.165) is 35.5 Å². The van der Waals surface area contributed by atoms with Gasteiger partial charge in [0.2, 0.25) is 11.8 Å². The average Bonchev–Trinajstić information content (AvgIpc) is 3.55. The molecule has 6 N–H and O–H groups in total. The SMILES string of the molecule is C=C1/C(=C\C=C2/CCC[C@]3(C)[C@@H]([C@H](C)CCCC(C)(C)O)CC[C@@H]23)C[C@@H](O)C[C@@H]1O.Nc1cccc2c1CN(C1CCC(=O)NC1=O)C2=O. The summed E-state index contributed by atoms with van der Waals surface area (Å²) in [4.78, 5) is 36.7. The van der Waals surface area contributed by atoms with E-state index >= 15 is 0 Å². The average molecular weight is 676 g/mol. The Balaban J connectivity index is 0.000000211. The van der Waals surface area contributed by atoms with Gasteiger partial charge in [-0.3, -0.25) is 19.7 Å². The van der Waals surface area contributed by atoms with Gasteiger partial charge in [-0.15, -0.1) is 0 Å².